The summed E-state index contributed by atoms with van der Waals surface area (Å²) in [6.45, 7) is 1.74. The number of carbonyl (C=O) groups excluding carboxylic acids is 2. The average molecular weight is 509 g/mol. The molecule has 0 aliphatic carbocycles. The largest absolute Gasteiger partial charge is 0.378 e. The van der Waals surface area contributed by atoms with E-state index in [1.165, 1.54) is 10.9 Å². The number of H-pyrrole nitrogens is 1. The molecular formula is C29H28N6O3. The van der Waals surface area contributed by atoms with E-state index in [1.54, 1.807) is 55.5 Å². The van der Waals surface area contributed by atoms with Crippen LogP contribution in [-0.4, -0.2) is 41.9 Å². The molecule has 1 heterocycles. The normalized spacial score (nSPS) is 11.4. The smallest absolute Gasteiger partial charge is 0.287 e. The summed E-state index contributed by atoms with van der Waals surface area (Å²) in [7, 11) is 3.87. The van der Waals surface area contributed by atoms with Gasteiger partial charge in [-0.2, -0.15) is 5.10 Å². The Hall–Kier alpha value is -5.18. The number of hydrogen-bond donors (Lipinski definition) is 3. The van der Waals surface area contributed by atoms with E-state index < -0.39 is 11.8 Å². The highest BCUT2D eigenvalue weighted by Gasteiger charge is 2.15. The van der Waals surface area contributed by atoms with Gasteiger partial charge in [-0.25, -0.2) is 10.1 Å². The Bertz CT molecular complexity index is 1530. The van der Waals surface area contributed by atoms with Gasteiger partial charge in [-0.3, -0.25) is 19.5 Å². The molecule has 3 N–H and O–H groups in total. The summed E-state index contributed by atoms with van der Waals surface area (Å²) in [5.41, 5.74) is 5.79. The third-order valence-corrected chi connectivity index (χ3v) is 5.74. The van der Waals surface area contributed by atoms with Crippen LogP contribution in [0.25, 0.3) is 11.8 Å². The lowest BCUT2D eigenvalue weighted by molar-refractivity contribution is -0.117. The molecule has 0 fully saturated rings. The minimum atomic E-state index is -0.640. The van der Waals surface area contributed by atoms with Gasteiger partial charge in [-0.1, -0.05) is 48.5 Å². The molecule has 0 radical (unpaired) electrons. The number of hydrogen-bond acceptors (Lipinski definition) is 5. The number of hydrazone groups is 1. The van der Waals surface area contributed by atoms with E-state index in [1.807, 2.05) is 61.5 Å². The summed E-state index contributed by atoms with van der Waals surface area (Å²) in [6.07, 6.45) is 2.85. The molecule has 38 heavy (non-hydrogen) atoms. The van der Waals surface area contributed by atoms with E-state index in [2.05, 4.69) is 20.9 Å². The molecule has 9 heteroatoms. The van der Waals surface area contributed by atoms with E-state index in [0.717, 1.165) is 5.69 Å². The van der Waals surface area contributed by atoms with Crippen LogP contribution in [0.4, 0.5) is 5.69 Å². The fourth-order valence-electron chi connectivity index (χ4n) is 3.66. The van der Waals surface area contributed by atoms with Gasteiger partial charge in [-0.05, 0) is 55.0 Å². The first-order chi connectivity index (χ1) is 18.3. The minimum absolute atomic E-state index is 0.00101. The van der Waals surface area contributed by atoms with E-state index in [9.17, 15) is 14.4 Å². The van der Waals surface area contributed by atoms with Gasteiger partial charge in [0.1, 0.15) is 5.70 Å². The van der Waals surface area contributed by atoms with Crippen LogP contribution < -0.4 is 21.2 Å². The van der Waals surface area contributed by atoms with Crippen molar-refractivity contribution in [2.45, 2.75) is 6.92 Å². The van der Waals surface area contributed by atoms with Crippen molar-refractivity contribution in [2.24, 2.45) is 5.10 Å². The Morgan fingerprint density at radius 3 is 2.18 bits per heavy atom. The summed E-state index contributed by atoms with van der Waals surface area (Å²) < 4.78 is 1.40. The van der Waals surface area contributed by atoms with Crippen molar-refractivity contribution >= 4 is 29.8 Å². The molecule has 192 valence electrons. The number of aromatic nitrogens is 2. The van der Waals surface area contributed by atoms with Gasteiger partial charge in [0.15, 0.2) is 0 Å². The zero-order valence-corrected chi connectivity index (χ0v) is 21.3. The van der Waals surface area contributed by atoms with Crippen LogP contribution in [0.1, 0.15) is 27.2 Å². The van der Waals surface area contributed by atoms with Gasteiger partial charge in [0.2, 0.25) is 0 Å². The quantitative estimate of drug-likeness (QED) is 0.192. The lowest BCUT2D eigenvalue weighted by atomic mass is 10.1. The Morgan fingerprint density at radius 2 is 1.55 bits per heavy atom. The van der Waals surface area contributed by atoms with E-state index in [4.69, 9.17) is 0 Å². The average Bonchev–Trinajstić information content (AvgIpc) is 3.22. The van der Waals surface area contributed by atoms with Gasteiger partial charge >= 0.3 is 0 Å². The lowest BCUT2D eigenvalue weighted by Gasteiger charge is -2.12. The van der Waals surface area contributed by atoms with Gasteiger partial charge in [-0.15, -0.1) is 0 Å². The molecule has 0 bridgehead atoms. The van der Waals surface area contributed by atoms with Crippen LogP contribution in [0.3, 0.4) is 0 Å². The monoisotopic (exact) mass is 508 g/mol. The Balaban J connectivity index is 1.57. The molecule has 9 nitrogen and oxygen atoms in total. The number of amides is 2. The number of nitrogens with zero attached hydrogens (tertiary/aromatic N) is 3. The van der Waals surface area contributed by atoms with Crippen LogP contribution in [0, 0.1) is 6.92 Å². The Morgan fingerprint density at radius 1 is 0.921 bits per heavy atom. The van der Waals surface area contributed by atoms with Crippen molar-refractivity contribution in [3.05, 3.63) is 123 Å². The van der Waals surface area contributed by atoms with E-state index >= 15 is 0 Å². The van der Waals surface area contributed by atoms with E-state index in [-0.39, 0.29) is 11.3 Å². The van der Waals surface area contributed by atoms with Crippen molar-refractivity contribution in [1.82, 2.24) is 20.5 Å². The summed E-state index contributed by atoms with van der Waals surface area (Å²) in [6, 6.07) is 25.2. The van der Waals surface area contributed by atoms with Gasteiger partial charge < -0.3 is 10.2 Å². The second kappa shape index (κ2) is 11.7. The first kappa shape index (κ1) is 25.9. The van der Waals surface area contributed by atoms with Gasteiger partial charge in [0, 0.05) is 31.0 Å². The maximum atomic E-state index is 13.1. The van der Waals surface area contributed by atoms with E-state index in [0.29, 0.717) is 28.1 Å². The number of aromatic amines is 1. The molecule has 2 amide bonds. The topological polar surface area (TPSA) is 112 Å². The summed E-state index contributed by atoms with van der Waals surface area (Å²) in [4.78, 5) is 40.7. The molecule has 0 saturated heterocycles. The highest BCUT2D eigenvalue weighted by atomic mass is 16.2. The van der Waals surface area contributed by atoms with Crippen LogP contribution in [0.2, 0.25) is 0 Å². The first-order valence-corrected chi connectivity index (χ1v) is 11.9. The molecule has 3 aromatic carbocycles. The van der Waals surface area contributed by atoms with Crippen LogP contribution in [0.5, 0.6) is 0 Å². The van der Waals surface area contributed by atoms with Crippen LogP contribution in [-0.2, 0) is 4.79 Å². The summed E-state index contributed by atoms with van der Waals surface area (Å²) >= 11 is 0. The molecule has 1 aromatic heterocycles. The number of aryl methyl sites for hydroxylation is 1. The van der Waals surface area contributed by atoms with Gasteiger partial charge in [0.25, 0.3) is 17.4 Å². The van der Waals surface area contributed by atoms with Crippen LogP contribution in [0.15, 0.2) is 101 Å². The SMILES string of the molecule is Cc1[nH]n(-c2ccccc2)c(=O)c1C=NNC(=O)C(=Cc1ccc(N(C)C)cc1)NC(=O)c1ccccc1. The fourth-order valence-corrected chi connectivity index (χ4v) is 3.66. The molecule has 4 rings (SSSR count). The first-order valence-electron chi connectivity index (χ1n) is 11.9. The predicted octanol–water partition coefficient (Wildman–Crippen LogP) is 3.46. The number of anilines is 1. The maximum Gasteiger partial charge on any atom is 0.287 e. The zero-order chi connectivity index (χ0) is 27.1. The summed E-state index contributed by atoms with van der Waals surface area (Å²) in [5.74, 6) is -1.08. The standard InChI is InChI=1S/C29H28N6O3/c1-20-25(29(38)35(33-20)24-12-8-5-9-13-24)19-30-32-28(37)26(31-27(36)22-10-6-4-7-11-22)18-21-14-16-23(17-15-21)34(2)3/h4-19,33H,1-3H3,(H,31,36)(H,32,37). The third kappa shape index (κ3) is 6.14. The van der Waals surface area contributed by atoms with Crippen molar-refractivity contribution in [3.8, 4) is 5.69 Å². The second-order valence-corrected chi connectivity index (χ2v) is 8.69. The lowest BCUT2D eigenvalue weighted by Crippen LogP contribution is -2.33. The highest BCUT2D eigenvalue weighted by molar-refractivity contribution is 6.05. The third-order valence-electron chi connectivity index (χ3n) is 5.74. The Labute approximate surface area is 220 Å². The number of rotatable bonds is 8. The number of benzene rings is 3. The maximum absolute atomic E-state index is 13.1. The highest BCUT2D eigenvalue weighted by Crippen LogP contribution is 2.15. The van der Waals surface area contributed by atoms with Crippen molar-refractivity contribution in [3.63, 3.8) is 0 Å². The molecule has 0 saturated carbocycles. The summed E-state index contributed by atoms with van der Waals surface area (Å²) in [5, 5.41) is 9.67. The van der Waals surface area contributed by atoms with Crippen molar-refractivity contribution < 1.29 is 9.59 Å². The minimum Gasteiger partial charge on any atom is -0.378 e. The molecule has 4 aromatic rings. The van der Waals surface area contributed by atoms with Crippen molar-refractivity contribution in [2.75, 3.05) is 19.0 Å². The zero-order valence-electron chi connectivity index (χ0n) is 21.3. The predicted molar refractivity (Wildman–Crippen MR) is 150 cm³/mol. The molecule has 0 aliphatic rings. The number of nitrogens with one attached hydrogen (secondary N) is 3. The molecule has 0 spiro atoms. The Kier molecular flexibility index (Phi) is 7.98. The van der Waals surface area contributed by atoms with Gasteiger partial charge in [0.05, 0.1) is 17.5 Å². The molecule has 0 aliphatic heterocycles. The second-order valence-electron chi connectivity index (χ2n) is 8.69. The number of carbonyl (C=O) groups is 2. The molecular weight excluding hydrogens is 480 g/mol. The van der Waals surface area contributed by atoms with Crippen LogP contribution >= 0.6 is 0 Å². The fraction of sp³-hybridized carbons (Fsp3) is 0.103. The molecule has 0 atom stereocenters. The van der Waals surface area contributed by atoms with Crippen molar-refractivity contribution in [1.29, 1.82) is 0 Å². The molecule has 0 unspecified atom stereocenters. The number of para-hydroxylation sites is 1.